The smallest absolute Gasteiger partial charge is 0.340 e. The van der Waals surface area contributed by atoms with Gasteiger partial charge in [-0.15, -0.1) is 0 Å². The number of amides is 1. The highest BCUT2D eigenvalue weighted by Crippen LogP contribution is 2.31. The number of carbonyl (C=O) groups is 2. The SMILES string of the molecule is COc1ccc(NC(=O)COC(=O)c2cc(S(=O)(=O)NC3CC3)c(Cl)cc2Cl)cc1. The first-order chi connectivity index (χ1) is 14.2. The van der Waals surface area contributed by atoms with Crippen LogP contribution in [0.2, 0.25) is 10.0 Å². The normalized spacial score (nSPS) is 13.6. The van der Waals surface area contributed by atoms with Gasteiger partial charge in [0.05, 0.1) is 22.7 Å². The van der Waals surface area contributed by atoms with Crippen molar-refractivity contribution in [3.8, 4) is 5.75 Å². The number of hydrogen-bond donors (Lipinski definition) is 2. The van der Waals surface area contributed by atoms with E-state index in [0.717, 1.165) is 25.0 Å². The summed E-state index contributed by atoms with van der Waals surface area (Å²) >= 11 is 12.0. The van der Waals surface area contributed by atoms with Crippen molar-refractivity contribution in [1.82, 2.24) is 4.72 Å². The number of benzene rings is 2. The highest BCUT2D eigenvalue weighted by Gasteiger charge is 2.30. The predicted octanol–water partition coefficient (Wildman–Crippen LogP) is 3.24. The van der Waals surface area contributed by atoms with Crippen LogP contribution in [-0.4, -0.2) is 40.1 Å². The summed E-state index contributed by atoms with van der Waals surface area (Å²) in [6.45, 7) is -0.591. The molecule has 1 amide bonds. The summed E-state index contributed by atoms with van der Waals surface area (Å²) in [7, 11) is -2.39. The number of halogens is 2. The van der Waals surface area contributed by atoms with Gasteiger partial charge in [-0.25, -0.2) is 17.9 Å². The summed E-state index contributed by atoms with van der Waals surface area (Å²) in [5.74, 6) is -0.912. The van der Waals surface area contributed by atoms with Crippen molar-refractivity contribution in [3.63, 3.8) is 0 Å². The van der Waals surface area contributed by atoms with Crippen LogP contribution in [0.3, 0.4) is 0 Å². The summed E-state index contributed by atoms with van der Waals surface area (Å²) in [6.07, 6.45) is 1.48. The van der Waals surface area contributed by atoms with E-state index < -0.39 is 28.5 Å². The van der Waals surface area contributed by atoms with Crippen LogP contribution in [0.1, 0.15) is 23.2 Å². The van der Waals surface area contributed by atoms with Gasteiger partial charge in [0, 0.05) is 11.7 Å². The topological polar surface area (TPSA) is 111 Å². The Morgan fingerprint density at radius 1 is 1.10 bits per heavy atom. The maximum atomic E-state index is 12.4. The molecule has 3 rings (SSSR count). The van der Waals surface area contributed by atoms with Crippen molar-refractivity contribution in [1.29, 1.82) is 0 Å². The monoisotopic (exact) mass is 472 g/mol. The zero-order valence-electron chi connectivity index (χ0n) is 15.8. The van der Waals surface area contributed by atoms with Crippen LogP contribution in [0.5, 0.6) is 5.75 Å². The summed E-state index contributed by atoms with van der Waals surface area (Å²) in [5, 5.41) is 2.34. The largest absolute Gasteiger partial charge is 0.497 e. The lowest BCUT2D eigenvalue weighted by Gasteiger charge is -2.11. The average molecular weight is 473 g/mol. The van der Waals surface area contributed by atoms with Crippen LogP contribution < -0.4 is 14.8 Å². The number of esters is 1. The van der Waals surface area contributed by atoms with Crippen molar-refractivity contribution >= 4 is 50.8 Å². The second-order valence-corrected chi connectivity index (χ2v) is 9.01. The molecule has 0 unspecified atom stereocenters. The average Bonchev–Trinajstić information content (AvgIpc) is 3.50. The molecule has 2 N–H and O–H groups in total. The lowest BCUT2D eigenvalue weighted by molar-refractivity contribution is -0.119. The molecule has 0 aromatic heterocycles. The summed E-state index contributed by atoms with van der Waals surface area (Å²) in [5.41, 5.74) is 0.274. The minimum Gasteiger partial charge on any atom is -0.497 e. The molecule has 11 heteroatoms. The lowest BCUT2D eigenvalue weighted by Crippen LogP contribution is -2.26. The minimum atomic E-state index is -3.92. The van der Waals surface area contributed by atoms with Crippen molar-refractivity contribution in [2.24, 2.45) is 0 Å². The Kier molecular flexibility index (Phi) is 6.87. The number of sulfonamides is 1. The Hall–Kier alpha value is -2.33. The first-order valence-corrected chi connectivity index (χ1v) is 11.1. The number of methoxy groups -OCH3 is 1. The van der Waals surface area contributed by atoms with Crippen LogP contribution in [-0.2, 0) is 19.6 Å². The van der Waals surface area contributed by atoms with E-state index in [2.05, 4.69) is 10.0 Å². The first kappa shape index (κ1) is 22.4. The van der Waals surface area contributed by atoms with E-state index in [9.17, 15) is 18.0 Å². The minimum absolute atomic E-state index is 0.0917. The molecule has 2 aromatic rings. The van der Waals surface area contributed by atoms with Gasteiger partial charge >= 0.3 is 5.97 Å². The van der Waals surface area contributed by atoms with E-state index in [1.165, 1.54) is 7.11 Å². The molecule has 0 atom stereocenters. The van der Waals surface area contributed by atoms with Gasteiger partial charge in [-0.3, -0.25) is 4.79 Å². The summed E-state index contributed by atoms with van der Waals surface area (Å²) in [6, 6.07) is 8.62. The van der Waals surface area contributed by atoms with Gasteiger partial charge in [-0.05, 0) is 49.2 Å². The Bertz CT molecular complexity index is 1070. The molecular weight excluding hydrogens is 455 g/mol. The van der Waals surface area contributed by atoms with E-state index in [1.54, 1.807) is 24.3 Å². The first-order valence-electron chi connectivity index (χ1n) is 8.82. The van der Waals surface area contributed by atoms with Crippen LogP contribution in [0.4, 0.5) is 5.69 Å². The molecule has 2 aromatic carbocycles. The molecule has 160 valence electrons. The number of rotatable bonds is 8. The van der Waals surface area contributed by atoms with Crippen LogP contribution in [0, 0.1) is 0 Å². The molecule has 1 aliphatic carbocycles. The van der Waals surface area contributed by atoms with E-state index >= 15 is 0 Å². The third-order valence-corrected chi connectivity index (χ3v) is 6.44. The van der Waals surface area contributed by atoms with Crippen molar-refractivity contribution < 1.29 is 27.5 Å². The van der Waals surface area contributed by atoms with E-state index in [1.807, 2.05) is 0 Å². The fraction of sp³-hybridized carbons (Fsp3) is 0.263. The Morgan fingerprint density at radius 2 is 1.77 bits per heavy atom. The Labute approximate surface area is 183 Å². The molecule has 0 aliphatic heterocycles. The molecule has 0 radical (unpaired) electrons. The molecular formula is C19H18Cl2N2O6S. The molecule has 0 spiro atoms. The quantitative estimate of drug-likeness (QED) is 0.570. The third kappa shape index (κ3) is 5.63. The molecule has 1 saturated carbocycles. The van der Waals surface area contributed by atoms with E-state index in [0.29, 0.717) is 11.4 Å². The molecule has 30 heavy (non-hydrogen) atoms. The number of hydrogen-bond acceptors (Lipinski definition) is 6. The zero-order chi connectivity index (χ0) is 21.9. The van der Waals surface area contributed by atoms with Crippen molar-refractivity contribution in [3.05, 3.63) is 52.0 Å². The van der Waals surface area contributed by atoms with Gasteiger partial charge in [0.25, 0.3) is 5.91 Å². The summed E-state index contributed by atoms with van der Waals surface area (Å²) < 4.78 is 37.4. The second kappa shape index (κ2) is 9.22. The second-order valence-electron chi connectivity index (χ2n) is 6.51. The number of anilines is 1. The van der Waals surface area contributed by atoms with Crippen LogP contribution >= 0.6 is 23.2 Å². The van der Waals surface area contributed by atoms with Crippen LogP contribution in [0.15, 0.2) is 41.3 Å². The molecule has 1 fully saturated rings. The highest BCUT2D eigenvalue weighted by molar-refractivity contribution is 7.89. The lowest BCUT2D eigenvalue weighted by atomic mass is 10.2. The summed E-state index contributed by atoms with van der Waals surface area (Å²) in [4.78, 5) is 24.1. The maximum absolute atomic E-state index is 12.4. The third-order valence-electron chi connectivity index (χ3n) is 4.14. The van der Waals surface area contributed by atoms with Gasteiger partial charge in [-0.2, -0.15) is 0 Å². The maximum Gasteiger partial charge on any atom is 0.340 e. The molecule has 0 heterocycles. The predicted molar refractivity (Wildman–Crippen MR) is 112 cm³/mol. The molecule has 0 bridgehead atoms. The Balaban J connectivity index is 1.66. The van der Waals surface area contributed by atoms with Gasteiger partial charge in [0.15, 0.2) is 6.61 Å². The zero-order valence-corrected chi connectivity index (χ0v) is 18.1. The van der Waals surface area contributed by atoms with Gasteiger partial charge < -0.3 is 14.8 Å². The van der Waals surface area contributed by atoms with Crippen LogP contribution in [0.25, 0.3) is 0 Å². The number of carbonyl (C=O) groups excluding carboxylic acids is 2. The van der Waals surface area contributed by atoms with Gasteiger partial charge in [-0.1, -0.05) is 23.2 Å². The number of ether oxygens (including phenoxy) is 2. The number of nitrogens with one attached hydrogen (secondary N) is 2. The van der Waals surface area contributed by atoms with E-state index in [4.69, 9.17) is 32.7 Å². The van der Waals surface area contributed by atoms with Crippen molar-refractivity contribution in [2.45, 2.75) is 23.8 Å². The fourth-order valence-electron chi connectivity index (χ4n) is 2.46. The molecule has 8 nitrogen and oxygen atoms in total. The van der Waals surface area contributed by atoms with Gasteiger partial charge in [0.2, 0.25) is 10.0 Å². The highest BCUT2D eigenvalue weighted by atomic mass is 35.5. The standard InChI is InChI=1S/C19H18Cl2N2O6S/c1-28-13-6-4-11(5-7-13)22-18(24)10-29-19(25)14-8-17(16(21)9-15(14)20)30(26,27)23-12-2-3-12/h4-9,12,23H,2-3,10H2,1H3,(H,22,24). The van der Waals surface area contributed by atoms with E-state index in [-0.39, 0.29) is 26.5 Å². The van der Waals surface area contributed by atoms with Crippen molar-refractivity contribution in [2.75, 3.05) is 19.0 Å². The molecule has 1 aliphatic rings. The molecule has 0 saturated heterocycles. The fourth-order valence-corrected chi connectivity index (χ4v) is 4.61. The van der Waals surface area contributed by atoms with Gasteiger partial charge in [0.1, 0.15) is 10.6 Å². The Morgan fingerprint density at radius 3 is 2.37 bits per heavy atom.